The number of benzene rings is 1. The molecule has 0 radical (unpaired) electrons. The van der Waals surface area contributed by atoms with Gasteiger partial charge in [0.05, 0.1) is 18.8 Å². The molecule has 0 aromatic heterocycles. The highest BCUT2D eigenvalue weighted by Gasteiger charge is 2.25. The van der Waals surface area contributed by atoms with Gasteiger partial charge in [0.1, 0.15) is 5.75 Å². The molecule has 0 spiro atoms. The standard InChI is InChI=1S/C15H23NO2/c1-4-8-17-14-7-5-6-13(9-14)15-10-16-11(2)12(3)18-15/h5-7,9,11-12,15-16H,4,8,10H2,1-3H3. The maximum absolute atomic E-state index is 6.03. The number of morpholine rings is 1. The van der Waals surface area contributed by atoms with Gasteiger partial charge in [-0.1, -0.05) is 19.1 Å². The molecule has 0 amide bonds. The van der Waals surface area contributed by atoms with E-state index in [9.17, 15) is 0 Å². The monoisotopic (exact) mass is 249 g/mol. The molecule has 1 aromatic rings. The fourth-order valence-corrected chi connectivity index (χ4v) is 2.10. The number of nitrogens with one attached hydrogen (secondary N) is 1. The third-order valence-electron chi connectivity index (χ3n) is 3.41. The Morgan fingerprint density at radius 2 is 2.22 bits per heavy atom. The van der Waals surface area contributed by atoms with Gasteiger partial charge in [-0.05, 0) is 38.0 Å². The number of ether oxygens (including phenoxy) is 2. The van der Waals surface area contributed by atoms with Crippen LogP contribution in [0.25, 0.3) is 0 Å². The minimum atomic E-state index is 0.126. The summed E-state index contributed by atoms with van der Waals surface area (Å²) >= 11 is 0. The molecule has 1 saturated heterocycles. The Labute approximate surface area is 109 Å². The SMILES string of the molecule is CCCOc1cccc(C2CNC(C)C(C)O2)c1. The van der Waals surface area contributed by atoms with E-state index in [1.807, 2.05) is 12.1 Å². The zero-order valence-electron chi connectivity index (χ0n) is 11.5. The molecular weight excluding hydrogens is 226 g/mol. The van der Waals surface area contributed by atoms with Crippen molar-refractivity contribution in [1.82, 2.24) is 5.32 Å². The van der Waals surface area contributed by atoms with E-state index < -0.39 is 0 Å². The molecule has 0 aliphatic carbocycles. The third kappa shape index (κ3) is 3.24. The smallest absolute Gasteiger partial charge is 0.119 e. The van der Waals surface area contributed by atoms with Crippen molar-refractivity contribution in [3.63, 3.8) is 0 Å². The summed E-state index contributed by atoms with van der Waals surface area (Å²) in [4.78, 5) is 0. The Bertz CT molecular complexity index is 381. The molecule has 1 aromatic carbocycles. The zero-order chi connectivity index (χ0) is 13.0. The fraction of sp³-hybridized carbons (Fsp3) is 0.600. The highest BCUT2D eigenvalue weighted by atomic mass is 16.5. The van der Waals surface area contributed by atoms with Crippen molar-refractivity contribution >= 4 is 0 Å². The molecule has 2 rings (SSSR count). The van der Waals surface area contributed by atoms with Gasteiger partial charge in [0.15, 0.2) is 0 Å². The molecule has 3 unspecified atom stereocenters. The second-order valence-electron chi connectivity index (χ2n) is 4.95. The summed E-state index contributed by atoms with van der Waals surface area (Å²) < 4.78 is 11.7. The highest BCUT2D eigenvalue weighted by molar-refractivity contribution is 5.30. The minimum absolute atomic E-state index is 0.126. The van der Waals surface area contributed by atoms with Crippen LogP contribution in [0.2, 0.25) is 0 Å². The van der Waals surface area contributed by atoms with Crippen molar-refractivity contribution < 1.29 is 9.47 Å². The predicted molar refractivity (Wildman–Crippen MR) is 73.0 cm³/mol. The molecule has 1 aliphatic rings. The molecule has 0 saturated carbocycles. The molecule has 1 heterocycles. The van der Waals surface area contributed by atoms with Gasteiger partial charge in [-0.15, -0.1) is 0 Å². The average molecular weight is 249 g/mol. The van der Waals surface area contributed by atoms with Gasteiger partial charge >= 0.3 is 0 Å². The van der Waals surface area contributed by atoms with Crippen molar-refractivity contribution in [3.05, 3.63) is 29.8 Å². The van der Waals surface area contributed by atoms with Crippen LogP contribution in [-0.2, 0) is 4.74 Å². The first-order valence-corrected chi connectivity index (χ1v) is 6.82. The van der Waals surface area contributed by atoms with Crippen LogP contribution in [0.4, 0.5) is 0 Å². The second kappa shape index (κ2) is 6.21. The number of hydrogen-bond acceptors (Lipinski definition) is 3. The molecule has 18 heavy (non-hydrogen) atoms. The van der Waals surface area contributed by atoms with Crippen molar-refractivity contribution in [2.24, 2.45) is 0 Å². The summed E-state index contributed by atoms with van der Waals surface area (Å²) in [5.74, 6) is 0.934. The number of rotatable bonds is 4. The van der Waals surface area contributed by atoms with E-state index in [-0.39, 0.29) is 12.2 Å². The third-order valence-corrected chi connectivity index (χ3v) is 3.41. The van der Waals surface area contributed by atoms with Crippen molar-refractivity contribution in [3.8, 4) is 5.75 Å². The van der Waals surface area contributed by atoms with Crippen LogP contribution in [0, 0.1) is 0 Å². The van der Waals surface area contributed by atoms with E-state index in [2.05, 4.69) is 38.2 Å². The largest absolute Gasteiger partial charge is 0.494 e. The normalized spacial score (nSPS) is 28.1. The Morgan fingerprint density at radius 3 is 2.94 bits per heavy atom. The lowest BCUT2D eigenvalue weighted by Crippen LogP contribution is -2.46. The fourth-order valence-electron chi connectivity index (χ4n) is 2.10. The van der Waals surface area contributed by atoms with Crippen LogP contribution in [0.5, 0.6) is 5.75 Å². The van der Waals surface area contributed by atoms with Crippen LogP contribution in [0.3, 0.4) is 0 Å². The van der Waals surface area contributed by atoms with E-state index in [1.54, 1.807) is 0 Å². The van der Waals surface area contributed by atoms with Crippen LogP contribution >= 0.6 is 0 Å². The van der Waals surface area contributed by atoms with E-state index in [4.69, 9.17) is 9.47 Å². The van der Waals surface area contributed by atoms with Gasteiger partial charge in [-0.2, -0.15) is 0 Å². The Kier molecular flexibility index (Phi) is 4.61. The summed E-state index contributed by atoms with van der Waals surface area (Å²) in [6.45, 7) is 8.01. The molecular formula is C15H23NO2. The Morgan fingerprint density at radius 1 is 1.39 bits per heavy atom. The van der Waals surface area contributed by atoms with Gasteiger partial charge in [0, 0.05) is 12.6 Å². The molecule has 1 fully saturated rings. The van der Waals surface area contributed by atoms with Gasteiger partial charge < -0.3 is 14.8 Å². The molecule has 3 nitrogen and oxygen atoms in total. The molecule has 1 N–H and O–H groups in total. The van der Waals surface area contributed by atoms with E-state index in [1.165, 1.54) is 5.56 Å². The van der Waals surface area contributed by atoms with Gasteiger partial charge in [-0.25, -0.2) is 0 Å². The lowest BCUT2D eigenvalue weighted by atomic mass is 10.0. The average Bonchev–Trinajstić information content (AvgIpc) is 2.40. The second-order valence-corrected chi connectivity index (χ2v) is 4.95. The van der Waals surface area contributed by atoms with Crippen LogP contribution in [0.15, 0.2) is 24.3 Å². The molecule has 3 heteroatoms. The van der Waals surface area contributed by atoms with Crippen LogP contribution < -0.4 is 10.1 Å². The van der Waals surface area contributed by atoms with E-state index in [0.717, 1.165) is 25.3 Å². The zero-order valence-corrected chi connectivity index (χ0v) is 11.5. The summed E-state index contributed by atoms with van der Waals surface area (Å²) in [7, 11) is 0. The van der Waals surface area contributed by atoms with Crippen molar-refractivity contribution in [2.75, 3.05) is 13.2 Å². The highest BCUT2D eigenvalue weighted by Crippen LogP contribution is 2.26. The topological polar surface area (TPSA) is 30.5 Å². The van der Waals surface area contributed by atoms with E-state index >= 15 is 0 Å². The molecule has 3 atom stereocenters. The maximum Gasteiger partial charge on any atom is 0.119 e. The van der Waals surface area contributed by atoms with Crippen molar-refractivity contribution in [1.29, 1.82) is 0 Å². The maximum atomic E-state index is 6.03. The molecule has 100 valence electrons. The summed E-state index contributed by atoms with van der Waals surface area (Å²) in [5, 5.41) is 3.48. The quantitative estimate of drug-likeness (QED) is 0.890. The first kappa shape index (κ1) is 13.4. The number of hydrogen-bond donors (Lipinski definition) is 1. The predicted octanol–water partition coefficient (Wildman–Crippen LogP) is 2.91. The van der Waals surface area contributed by atoms with Gasteiger partial charge in [0.2, 0.25) is 0 Å². The van der Waals surface area contributed by atoms with Crippen LogP contribution in [-0.4, -0.2) is 25.3 Å². The molecule has 1 aliphatic heterocycles. The minimum Gasteiger partial charge on any atom is -0.494 e. The summed E-state index contributed by atoms with van der Waals surface area (Å²) in [5.41, 5.74) is 1.19. The van der Waals surface area contributed by atoms with Gasteiger partial charge in [0.25, 0.3) is 0 Å². The first-order chi connectivity index (χ1) is 8.70. The van der Waals surface area contributed by atoms with Crippen LogP contribution in [0.1, 0.15) is 38.9 Å². The van der Waals surface area contributed by atoms with E-state index in [0.29, 0.717) is 6.04 Å². The van der Waals surface area contributed by atoms with Gasteiger partial charge in [-0.3, -0.25) is 0 Å². The summed E-state index contributed by atoms with van der Waals surface area (Å²) in [6, 6.07) is 8.65. The lowest BCUT2D eigenvalue weighted by molar-refractivity contribution is -0.0509. The van der Waals surface area contributed by atoms with Crippen molar-refractivity contribution in [2.45, 2.75) is 45.4 Å². The Hall–Kier alpha value is -1.06. The first-order valence-electron chi connectivity index (χ1n) is 6.82. The summed E-state index contributed by atoms with van der Waals surface area (Å²) in [6.07, 6.45) is 1.39. The Balaban J connectivity index is 2.04. The lowest BCUT2D eigenvalue weighted by Gasteiger charge is -2.34. The molecule has 0 bridgehead atoms.